The topological polar surface area (TPSA) is 20.2 Å². The van der Waals surface area contributed by atoms with E-state index in [4.69, 9.17) is 5.11 Å². The molecule has 1 nitrogen and oxygen atoms in total. The van der Waals surface area contributed by atoms with Crippen molar-refractivity contribution in [1.29, 1.82) is 0 Å². The van der Waals surface area contributed by atoms with Crippen molar-refractivity contribution in [1.82, 2.24) is 0 Å². The first kappa shape index (κ1) is 10.6. The number of hydrogen-bond donors (Lipinski definition) is 1. The van der Waals surface area contributed by atoms with E-state index in [-0.39, 0.29) is 21.6 Å². The Balaban J connectivity index is 0. The molecule has 0 aliphatic heterocycles. The van der Waals surface area contributed by atoms with E-state index in [0.717, 1.165) is 0 Å². The minimum atomic E-state index is 0.125. The van der Waals surface area contributed by atoms with E-state index in [9.17, 15) is 0 Å². The molecule has 0 aromatic rings. The summed E-state index contributed by atoms with van der Waals surface area (Å²) in [6, 6.07) is 0. The van der Waals surface area contributed by atoms with Crippen LogP contribution in [0.4, 0.5) is 0 Å². The molecule has 0 saturated carbocycles. The monoisotopic (exact) mass is 252 g/mol. The zero-order chi connectivity index (χ0) is 5.41. The summed E-state index contributed by atoms with van der Waals surface area (Å²) in [5, 5.41) is 7.57. The Morgan fingerprint density at radius 1 is 1.67 bits per heavy atom. The molecule has 0 spiro atoms. The second-order valence-electron chi connectivity index (χ2n) is 0.388. The minimum absolute atomic E-state index is 0.125. The summed E-state index contributed by atoms with van der Waals surface area (Å²) in [4.78, 5) is 0. The van der Waals surface area contributed by atoms with E-state index in [2.05, 4.69) is 26.3 Å². The summed E-state index contributed by atoms with van der Waals surface area (Å²) >= 11 is 6.50. The fraction of sp³-hybridized carbons (Fsp3) is 1.00. The first-order valence-corrected chi connectivity index (χ1v) is 9.12. The maximum atomic E-state index is 7.57. The van der Waals surface area contributed by atoms with Crippen molar-refractivity contribution >= 4 is 26.3 Å². The Kier molecular flexibility index (Phi) is 28.1. The zero-order valence-electron chi connectivity index (χ0n) is 3.41. The van der Waals surface area contributed by atoms with Crippen molar-refractivity contribution in [3.05, 3.63) is 0 Å². The van der Waals surface area contributed by atoms with E-state index < -0.39 is 0 Å². The Morgan fingerprint density at radius 3 is 1.67 bits per heavy atom. The molecule has 6 heavy (non-hydrogen) atoms. The van der Waals surface area contributed by atoms with Gasteiger partial charge in [0.05, 0.1) is 0 Å². The number of aliphatic hydroxyl groups is 1. The summed E-state index contributed by atoms with van der Waals surface area (Å²) < 4.78 is 0. The predicted molar refractivity (Wildman–Crippen MR) is 30.6 cm³/mol. The van der Waals surface area contributed by atoms with E-state index in [1.54, 1.807) is 6.92 Å². The van der Waals surface area contributed by atoms with Gasteiger partial charge in [-0.15, -0.1) is 0 Å². The Bertz CT molecular complexity index is 13.5. The third kappa shape index (κ3) is 45.3. The Labute approximate surface area is 59.5 Å². The van der Waals surface area contributed by atoms with Gasteiger partial charge in [0.25, 0.3) is 0 Å². The van der Waals surface area contributed by atoms with Crippen molar-refractivity contribution in [3.8, 4) is 0 Å². The fourth-order valence-electron chi connectivity index (χ4n) is 0. The third-order valence-corrected chi connectivity index (χ3v) is 0. The van der Waals surface area contributed by atoms with Crippen molar-refractivity contribution in [2.45, 2.75) is 6.92 Å². The molecular formula is C2H6Br2OTi. The van der Waals surface area contributed by atoms with E-state index in [1.807, 2.05) is 0 Å². The molecule has 0 aromatic heterocycles. The molecule has 0 heterocycles. The SMILES string of the molecule is CCO.[Br][Ti][Br]. The first-order valence-electron chi connectivity index (χ1n) is 1.40. The van der Waals surface area contributed by atoms with Crippen molar-refractivity contribution < 1.29 is 20.1 Å². The van der Waals surface area contributed by atoms with Gasteiger partial charge in [-0.25, -0.2) is 0 Å². The number of aliphatic hydroxyl groups excluding tert-OH is 1. The van der Waals surface area contributed by atoms with Gasteiger partial charge in [0.15, 0.2) is 0 Å². The molecule has 1 N–H and O–H groups in total. The molecule has 38 valence electrons. The van der Waals surface area contributed by atoms with Gasteiger partial charge < -0.3 is 5.11 Å². The summed E-state index contributed by atoms with van der Waals surface area (Å²) in [6.07, 6.45) is 0. The van der Waals surface area contributed by atoms with Crippen LogP contribution >= 0.6 is 26.3 Å². The second kappa shape index (κ2) is 15.9. The van der Waals surface area contributed by atoms with Crippen LogP contribution in [0.2, 0.25) is 0 Å². The number of halogens is 2. The van der Waals surface area contributed by atoms with Crippen LogP contribution in [0.3, 0.4) is 0 Å². The van der Waals surface area contributed by atoms with Crippen LogP contribution in [0, 0.1) is 0 Å². The zero-order valence-corrected chi connectivity index (χ0v) is 8.14. The standard InChI is InChI=1S/C2H6O.2BrH.Ti/c1-2-3;;;/h3H,2H2,1H3;2*1H;/q;;;+2/p-2. The molecule has 0 aromatic carbocycles. The van der Waals surface area contributed by atoms with Crippen LogP contribution in [0.25, 0.3) is 0 Å². The quantitative estimate of drug-likeness (QED) is 0.652. The molecule has 0 aliphatic rings. The van der Waals surface area contributed by atoms with Gasteiger partial charge in [-0.05, 0) is 6.92 Å². The summed E-state index contributed by atoms with van der Waals surface area (Å²) in [5.41, 5.74) is 0. The summed E-state index contributed by atoms with van der Waals surface area (Å²) in [5.74, 6) is 0. The Morgan fingerprint density at radius 2 is 1.67 bits per heavy atom. The third-order valence-electron chi connectivity index (χ3n) is 0. The van der Waals surface area contributed by atoms with E-state index in [0.29, 0.717) is 0 Å². The van der Waals surface area contributed by atoms with E-state index >= 15 is 0 Å². The average Bonchev–Trinajstić information content (AvgIpc) is 1.39. The van der Waals surface area contributed by atoms with Crippen LogP contribution in [0.5, 0.6) is 0 Å². The maximum absolute atomic E-state index is 7.57. The molecule has 4 heteroatoms. The van der Waals surface area contributed by atoms with Gasteiger partial charge in [0.2, 0.25) is 0 Å². The molecule has 0 amide bonds. The van der Waals surface area contributed by atoms with Crippen LogP contribution in [-0.4, -0.2) is 11.7 Å². The van der Waals surface area contributed by atoms with Gasteiger partial charge in [0.1, 0.15) is 0 Å². The van der Waals surface area contributed by atoms with Gasteiger partial charge in [-0.1, -0.05) is 0 Å². The van der Waals surface area contributed by atoms with Crippen molar-refractivity contribution in [2.75, 3.05) is 6.61 Å². The van der Waals surface area contributed by atoms with Crippen LogP contribution < -0.4 is 0 Å². The van der Waals surface area contributed by atoms with Crippen molar-refractivity contribution in [3.63, 3.8) is 0 Å². The molecule has 0 atom stereocenters. The summed E-state index contributed by atoms with van der Waals surface area (Å²) in [7, 11) is 0. The fourth-order valence-corrected chi connectivity index (χ4v) is 0. The molecular weight excluding hydrogens is 248 g/mol. The van der Waals surface area contributed by atoms with Crippen molar-refractivity contribution in [2.24, 2.45) is 0 Å². The summed E-state index contributed by atoms with van der Waals surface area (Å²) in [6.45, 7) is 1.93. The normalized spacial score (nSPS) is 5.33. The van der Waals surface area contributed by atoms with Gasteiger partial charge in [0, 0.05) is 6.61 Å². The first-order chi connectivity index (χ1) is 2.83. The van der Waals surface area contributed by atoms with Gasteiger partial charge in [-0.2, -0.15) is 0 Å². The molecule has 0 rings (SSSR count). The molecule has 0 saturated heterocycles. The average molecular weight is 254 g/mol. The van der Waals surface area contributed by atoms with Gasteiger partial charge in [-0.3, -0.25) is 0 Å². The van der Waals surface area contributed by atoms with Crippen LogP contribution in [-0.2, 0) is 15.0 Å². The molecule has 0 aliphatic carbocycles. The van der Waals surface area contributed by atoms with Crippen LogP contribution in [0.1, 0.15) is 6.92 Å². The predicted octanol–water partition coefficient (Wildman–Crippen LogP) is 1.69. The second-order valence-corrected chi connectivity index (χ2v) is 8.27. The molecule has 0 radical (unpaired) electrons. The number of rotatable bonds is 0. The van der Waals surface area contributed by atoms with Crippen LogP contribution in [0.15, 0.2) is 0 Å². The molecule has 0 unspecified atom stereocenters. The van der Waals surface area contributed by atoms with Gasteiger partial charge >= 0.3 is 41.3 Å². The molecule has 0 bridgehead atoms. The molecule has 0 fully saturated rings. The van der Waals surface area contributed by atoms with E-state index in [1.165, 1.54) is 0 Å². The Hall–Kier alpha value is 1.63. The number of hydrogen-bond acceptors (Lipinski definition) is 1.